The van der Waals surface area contributed by atoms with Crippen molar-refractivity contribution in [1.29, 1.82) is 0 Å². The number of hydrogen-bond donors (Lipinski definition) is 0. The third-order valence-corrected chi connectivity index (χ3v) is 5.23. The van der Waals surface area contributed by atoms with E-state index in [2.05, 4.69) is 10.9 Å². The first-order valence-corrected chi connectivity index (χ1v) is 8.99. The molecule has 1 aliphatic rings. The zero-order chi connectivity index (χ0) is 16.2. The SMILES string of the molecule is C#CCN(C(=O)/C=C/c1c(Cl)nc2sccn12)C1CCCCC1. The molecular formula is C17H18ClN3OS. The maximum absolute atomic E-state index is 12.6. The quantitative estimate of drug-likeness (QED) is 0.622. The van der Waals surface area contributed by atoms with E-state index in [-0.39, 0.29) is 11.9 Å². The Morgan fingerprint density at radius 3 is 3.04 bits per heavy atom. The number of rotatable bonds is 4. The Morgan fingerprint density at radius 2 is 2.30 bits per heavy atom. The molecule has 1 fully saturated rings. The monoisotopic (exact) mass is 347 g/mol. The summed E-state index contributed by atoms with van der Waals surface area (Å²) in [6.45, 7) is 0.349. The lowest BCUT2D eigenvalue weighted by molar-refractivity contribution is -0.128. The average Bonchev–Trinajstić information content (AvgIpc) is 3.12. The highest BCUT2D eigenvalue weighted by molar-refractivity contribution is 7.15. The lowest BCUT2D eigenvalue weighted by atomic mass is 9.94. The molecule has 1 amide bonds. The van der Waals surface area contributed by atoms with Crippen LogP contribution in [0.5, 0.6) is 0 Å². The first-order chi connectivity index (χ1) is 11.2. The van der Waals surface area contributed by atoms with Crippen molar-refractivity contribution in [2.75, 3.05) is 6.54 Å². The number of nitrogens with zero attached hydrogens (tertiary/aromatic N) is 3. The predicted molar refractivity (Wildman–Crippen MR) is 94.5 cm³/mol. The standard InChI is InChI=1S/C17H18ClN3OS/c1-2-10-20(13-6-4-3-5-7-13)15(22)9-8-14-16(18)19-17-21(14)11-12-23-17/h1,8-9,11-13H,3-7,10H2/b9-8+. The molecule has 0 unspecified atom stereocenters. The molecule has 23 heavy (non-hydrogen) atoms. The fraction of sp³-hybridized carbons (Fsp3) is 0.412. The number of amides is 1. The normalized spacial score (nSPS) is 16.0. The molecule has 0 saturated heterocycles. The van der Waals surface area contributed by atoms with Gasteiger partial charge in [-0.05, 0) is 18.9 Å². The topological polar surface area (TPSA) is 37.6 Å². The van der Waals surface area contributed by atoms with Crippen molar-refractivity contribution in [2.45, 2.75) is 38.1 Å². The first kappa shape index (κ1) is 16.1. The molecule has 120 valence electrons. The molecule has 2 aromatic heterocycles. The molecule has 0 bridgehead atoms. The molecule has 3 rings (SSSR count). The molecule has 0 N–H and O–H groups in total. The van der Waals surface area contributed by atoms with Crippen LogP contribution in [0.25, 0.3) is 11.0 Å². The van der Waals surface area contributed by atoms with E-state index >= 15 is 0 Å². The number of imidazole rings is 1. The summed E-state index contributed by atoms with van der Waals surface area (Å²) in [5.41, 5.74) is 0.723. The first-order valence-electron chi connectivity index (χ1n) is 7.74. The van der Waals surface area contributed by atoms with Gasteiger partial charge in [0.15, 0.2) is 10.1 Å². The zero-order valence-electron chi connectivity index (χ0n) is 12.7. The van der Waals surface area contributed by atoms with Gasteiger partial charge in [0.1, 0.15) is 0 Å². The van der Waals surface area contributed by atoms with Crippen molar-refractivity contribution in [3.05, 3.63) is 28.5 Å². The number of carbonyl (C=O) groups excluding carboxylic acids is 1. The van der Waals surface area contributed by atoms with Crippen LogP contribution < -0.4 is 0 Å². The summed E-state index contributed by atoms with van der Waals surface area (Å²) < 4.78 is 1.88. The van der Waals surface area contributed by atoms with Crippen molar-refractivity contribution >= 4 is 39.9 Å². The van der Waals surface area contributed by atoms with Crippen LogP contribution in [0.3, 0.4) is 0 Å². The largest absolute Gasteiger partial charge is 0.325 e. The third kappa shape index (κ3) is 3.44. The Kier molecular flexibility index (Phi) is 5.04. The molecule has 0 radical (unpaired) electrons. The van der Waals surface area contributed by atoms with Gasteiger partial charge in [-0.15, -0.1) is 17.8 Å². The molecule has 4 nitrogen and oxygen atoms in total. The molecule has 0 aliphatic heterocycles. The minimum Gasteiger partial charge on any atom is -0.325 e. The van der Waals surface area contributed by atoms with Crippen LogP contribution >= 0.6 is 22.9 Å². The molecule has 0 atom stereocenters. The summed E-state index contributed by atoms with van der Waals surface area (Å²) in [6.07, 6.45) is 16.2. The van der Waals surface area contributed by atoms with Gasteiger partial charge in [-0.25, -0.2) is 4.98 Å². The smallest absolute Gasteiger partial charge is 0.247 e. The Morgan fingerprint density at radius 1 is 1.52 bits per heavy atom. The fourth-order valence-corrected chi connectivity index (χ4v) is 4.06. The van der Waals surface area contributed by atoms with Crippen LogP contribution in [0.4, 0.5) is 0 Å². The van der Waals surface area contributed by atoms with Gasteiger partial charge in [-0.2, -0.15) is 0 Å². The van der Waals surface area contributed by atoms with Crippen LogP contribution in [0.1, 0.15) is 37.8 Å². The second kappa shape index (κ2) is 7.20. The lowest BCUT2D eigenvalue weighted by Crippen LogP contribution is -2.40. The number of thiazole rings is 1. The molecular weight excluding hydrogens is 330 g/mol. The van der Waals surface area contributed by atoms with Crippen molar-refractivity contribution in [3.63, 3.8) is 0 Å². The highest BCUT2D eigenvalue weighted by Crippen LogP contribution is 2.24. The van der Waals surface area contributed by atoms with E-state index in [1.807, 2.05) is 16.0 Å². The van der Waals surface area contributed by atoms with Crippen LogP contribution in [0.2, 0.25) is 5.15 Å². The van der Waals surface area contributed by atoms with Crippen LogP contribution in [-0.2, 0) is 4.79 Å². The number of halogens is 1. The fourth-order valence-electron chi connectivity index (χ4n) is 3.05. The summed E-state index contributed by atoms with van der Waals surface area (Å²) in [5.74, 6) is 2.55. The summed E-state index contributed by atoms with van der Waals surface area (Å²) >= 11 is 7.65. The van der Waals surface area contributed by atoms with Crippen LogP contribution in [-0.4, -0.2) is 32.8 Å². The second-order valence-corrected chi connectivity index (χ2v) is 6.87. The minimum atomic E-state index is -0.0592. The number of hydrogen-bond acceptors (Lipinski definition) is 3. The minimum absolute atomic E-state index is 0.0592. The van der Waals surface area contributed by atoms with Gasteiger partial charge in [-0.3, -0.25) is 9.20 Å². The Labute approximate surface area is 144 Å². The average molecular weight is 348 g/mol. The van der Waals surface area contributed by atoms with Crippen LogP contribution in [0, 0.1) is 12.3 Å². The molecule has 0 aromatic carbocycles. The maximum atomic E-state index is 12.6. The van der Waals surface area contributed by atoms with Crippen molar-refractivity contribution < 1.29 is 4.79 Å². The van der Waals surface area contributed by atoms with E-state index in [0.717, 1.165) is 36.3 Å². The molecule has 6 heteroatoms. The van der Waals surface area contributed by atoms with E-state index in [1.54, 1.807) is 17.1 Å². The molecule has 1 aliphatic carbocycles. The summed E-state index contributed by atoms with van der Waals surface area (Å²) in [4.78, 5) is 19.5. The number of fused-ring (bicyclic) bond motifs is 1. The molecule has 2 aromatic rings. The van der Waals surface area contributed by atoms with Crippen molar-refractivity contribution in [2.24, 2.45) is 0 Å². The van der Waals surface area contributed by atoms with Gasteiger partial charge in [0.25, 0.3) is 0 Å². The zero-order valence-corrected chi connectivity index (χ0v) is 14.3. The van der Waals surface area contributed by atoms with Gasteiger partial charge in [-0.1, -0.05) is 36.8 Å². The summed E-state index contributed by atoms with van der Waals surface area (Å²) in [7, 11) is 0. The molecule has 1 saturated carbocycles. The highest BCUT2D eigenvalue weighted by Gasteiger charge is 2.23. The van der Waals surface area contributed by atoms with Crippen LogP contribution in [0.15, 0.2) is 17.7 Å². The summed E-state index contributed by atoms with van der Waals surface area (Å²) in [5, 5.41) is 2.34. The third-order valence-electron chi connectivity index (χ3n) is 4.20. The Hall–Kier alpha value is -1.77. The molecule has 2 heterocycles. The van der Waals surface area contributed by atoms with E-state index in [0.29, 0.717) is 11.7 Å². The lowest BCUT2D eigenvalue weighted by Gasteiger charge is -2.32. The van der Waals surface area contributed by atoms with E-state index in [1.165, 1.54) is 17.8 Å². The second-order valence-electron chi connectivity index (χ2n) is 5.64. The molecule has 0 spiro atoms. The van der Waals surface area contributed by atoms with Gasteiger partial charge in [0, 0.05) is 23.7 Å². The number of carbonyl (C=O) groups is 1. The van der Waals surface area contributed by atoms with Gasteiger partial charge in [0.2, 0.25) is 5.91 Å². The van der Waals surface area contributed by atoms with E-state index < -0.39 is 0 Å². The van der Waals surface area contributed by atoms with Crippen molar-refractivity contribution in [3.8, 4) is 12.3 Å². The number of terminal acetylenes is 1. The van der Waals surface area contributed by atoms with E-state index in [9.17, 15) is 4.79 Å². The maximum Gasteiger partial charge on any atom is 0.247 e. The Bertz CT molecular complexity index is 764. The predicted octanol–water partition coefficient (Wildman–Crippen LogP) is 3.86. The Balaban J connectivity index is 1.79. The van der Waals surface area contributed by atoms with E-state index in [4.69, 9.17) is 18.0 Å². The summed E-state index contributed by atoms with van der Waals surface area (Å²) in [6, 6.07) is 0.249. The van der Waals surface area contributed by atoms with Gasteiger partial charge < -0.3 is 4.90 Å². The van der Waals surface area contributed by atoms with Gasteiger partial charge in [0.05, 0.1) is 12.2 Å². The highest BCUT2D eigenvalue weighted by atomic mass is 35.5. The van der Waals surface area contributed by atoms with Crippen molar-refractivity contribution in [1.82, 2.24) is 14.3 Å². The van der Waals surface area contributed by atoms with Gasteiger partial charge >= 0.3 is 0 Å². The number of aromatic nitrogens is 2.